The predicted molar refractivity (Wildman–Crippen MR) is 133 cm³/mol. The molecular weight excluding hydrogens is 508 g/mol. The molecule has 3 aliphatic carbocycles. The van der Waals surface area contributed by atoms with Gasteiger partial charge in [0.25, 0.3) is 0 Å². The first-order valence-corrected chi connectivity index (χ1v) is 12.1. The standard InChI is InChI=1S/C29H22O10/c30-15-5-1-3-12-20(15)25(35)22-18(33)9-11-10-29(26(36)13-4-2-6-16(31)21(13)28(38)39)14(7-8-17(32)27(29)37)19(11)23(22)24(12)34/h1-9,14,17,26-27,30-33,36-37H,10H2,(H,38,39)/t14-,17-,26+,27-,29?/m1/s1. The first-order valence-electron chi connectivity index (χ1n) is 12.1. The molecule has 0 saturated heterocycles. The van der Waals surface area contributed by atoms with Crippen LogP contribution in [-0.4, -0.2) is 65.5 Å². The summed E-state index contributed by atoms with van der Waals surface area (Å²) in [5.74, 6) is -5.57. The second-order valence-electron chi connectivity index (χ2n) is 10.1. The summed E-state index contributed by atoms with van der Waals surface area (Å²) < 4.78 is 0. The first kappa shape index (κ1) is 24.8. The summed E-state index contributed by atoms with van der Waals surface area (Å²) in [4.78, 5) is 39.2. The van der Waals surface area contributed by atoms with E-state index >= 15 is 0 Å². The molecule has 198 valence electrons. The average molecular weight is 530 g/mol. The van der Waals surface area contributed by atoms with E-state index in [-0.39, 0.29) is 39.8 Å². The van der Waals surface area contributed by atoms with Crippen LogP contribution in [0.2, 0.25) is 0 Å². The smallest absolute Gasteiger partial charge is 0.339 e. The number of allylic oxidation sites excluding steroid dienone is 1. The number of aliphatic hydroxyl groups excluding tert-OH is 3. The van der Waals surface area contributed by atoms with Gasteiger partial charge in [-0.25, -0.2) is 4.79 Å². The van der Waals surface area contributed by atoms with Crippen LogP contribution in [0.25, 0.3) is 0 Å². The van der Waals surface area contributed by atoms with E-state index in [1.807, 2.05) is 0 Å². The van der Waals surface area contributed by atoms with Crippen molar-refractivity contribution in [1.29, 1.82) is 0 Å². The van der Waals surface area contributed by atoms with Gasteiger partial charge in [-0.2, -0.15) is 0 Å². The lowest BCUT2D eigenvalue weighted by Gasteiger charge is -2.46. The summed E-state index contributed by atoms with van der Waals surface area (Å²) in [6, 6.07) is 9.00. The number of phenolic OH excluding ortho intramolecular Hbond substituents is 2. The molecule has 5 atom stereocenters. The molecule has 0 heterocycles. The van der Waals surface area contributed by atoms with Crippen molar-refractivity contribution in [2.75, 3.05) is 0 Å². The van der Waals surface area contributed by atoms with Crippen LogP contribution < -0.4 is 0 Å². The number of ketones is 2. The Morgan fingerprint density at radius 1 is 0.872 bits per heavy atom. The van der Waals surface area contributed by atoms with Crippen LogP contribution in [0.3, 0.4) is 0 Å². The highest BCUT2D eigenvalue weighted by Crippen LogP contribution is 2.62. The van der Waals surface area contributed by atoms with E-state index in [4.69, 9.17) is 0 Å². The Kier molecular flexibility index (Phi) is 5.24. The van der Waals surface area contributed by atoms with E-state index in [2.05, 4.69) is 0 Å². The van der Waals surface area contributed by atoms with Gasteiger partial charge in [0, 0.05) is 22.5 Å². The maximum absolute atomic E-state index is 13.8. The van der Waals surface area contributed by atoms with Crippen LogP contribution in [0.5, 0.6) is 17.2 Å². The van der Waals surface area contributed by atoms with E-state index in [9.17, 15) is 50.1 Å². The first-order chi connectivity index (χ1) is 18.5. The molecule has 0 saturated carbocycles. The lowest BCUT2D eigenvalue weighted by Crippen LogP contribution is -2.51. The number of hydrogen-bond donors (Lipinski definition) is 7. The SMILES string of the molecule is O=C(O)c1c(O)cccc1[C@H](O)C12Cc3cc(O)c4c(c3[C@H]1C=C[C@@H](O)[C@H]2O)C(=O)c1cccc(O)c1C4=O. The molecule has 10 nitrogen and oxygen atoms in total. The molecule has 3 aromatic rings. The summed E-state index contributed by atoms with van der Waals surface area (Å²) in [5, 5.41) is 75.0. The molecule has 3 aliphatic rings. The Morgan fingerprint density at radius 2 is 1.56 bits per heavy atom. The van der Waals surface area contributed by atoms with Crippen LogP contribution >= 0.6 is 0 Å². The molecule has 0 aliphatic heterocycles. The average Bonchev–Trinajstić information content (AvgIpc) is 3.23. The van der Waals surface area contributed by atoms with Crippen LogP contribution in [0, 0.1) is 5.41 Å². The fourth-order valence-corrected chi connectivity index (χ4v) is 6.59. The number of phenols is 3. The minimum Gasteiger partial charge on any atom is -0.507 e. The minimum atomic E-state index is -1.79. The number of carbonyl (C=O) groups is 3. The van der Waals surface area contributed by atoms with Gasteiger partial charge in [0.15, 0.2) is 5.78 Å². The largest absolute Gasteiger partial charge is 0.507 e. The zero-order valence-corrected chi connectivity index (χ0v) is 20.1. The van der Waals surface area contributed by atoms with E-state index in [1.165, 1.54) is 48.6 Å². The molecule has 39 heavy (non-hydrogen) atoms. The predicted octanol–water partition coefficient (Wildman–Crippen LogP) is 1.93. The fraction of sp³-hybridized carbons (Fsp3) is 0.207. The summed E-state index contributed by atoms with van der Waals surface area (Å²) in [6.07, 6.45) is -2.41. The monoisotopic (exact) mass is 530 g/mol. The Balaban J connectivity index is 1.62. The van der Waals surface area contributed by atoms with Gasteiger partial charge < -0.3 is 35.7 Å². The minimum absolute atomic E-state index is 0.0835. The summed E-state index contributed by atoms with van der Waals surface area (Å²) in [5.41, 5.74) is -2.87. The number of aliphatic hydroxyl groups is 3. The molecule has 0 aromatic heterocycles. The van der Waals surface area contributed by atoms with Gasteiger partial charge in [0.1, 0.15) is 22.8 Å². The van der Waals surface area contributed by atoms with E-state index in [0.717, 1.165) is 6.07 Å². The third-order valence-corrected chi connectivity index (χ3v) is 8.25. The van der Waals surface area contributed by atoms with Crippen molar-refractivity contribution >= 4 is 17.5 Å². The molecule has 0 spiro atoms. The maximum atomic E-state index is 13.8. The van der Waals surface area contributed by atoms with Gasteiger partial charge in [-0.05, 0) is 41.3 Å². The summed E-state index contributed by atoms with van der Waals surface area (Å²) in [7, 11) is 0. The second-order valence-corrected chi connectivity index (χ2v) is 10.1. The van der Waals surface area contributed by atoms with Crippen molar-refractivity contribution in [1.82, 2.24) is 0 Å². The maximum Gasteiger partial charge on any atom is 0.339 e. The molecule has 3 aromatic carbocycles. The number of aromatic carboxylic acids is 1. The normalized spacial score (nSPS) is 25.5. The number of rotatable bonds is 3. The van der Waals surface area contributed by atoms with Crippen LogP contribution in [0.15, 0.2) is 54.6 Å². The lowest BCUT2D eigenvalue weighted by molar-refractivity contribution is -0.119. The van der Waals surface area contributed by atoms with Crippen molar-refractivity contribution in [3.8, 4) is 17.2 Å². The van der Waals surface area contributed by atoms with Gasteiger partial charge >= 0.3 is 5.97 Å². The third kappa shape index (κ3) is 3.10. The molecule has 10 heteroatoms. The highest BCUT2D eigenvalue weighted by atomic mass is 16.4. The molecule has 7 N–H and O–H groups in total. The Hall–Kier alpha value is -4.51. The van der Waals surface area contributed by atoms with Crippen LogP contribution in [0.4, 0.5) is 0 Å². The zero-order chi connectivity index (χ0) is 28.0. The van der Waals surface area contributed by atoms with Gasteiger partial charge in [0.2, 0.25) is 5.78 Å². The Morgan fingerprint density at radius 3 is 2.28 bits per heavy atom. The highest BCUT2D eigenvalue weighted by Gasteiger charge is 2.60. The van der Waals surface area contributed by atoms with Crippen molar-refractivity contribution in [2.45, 2.75) is 30.7 Å². The molecule has 6 rings (SSSR count). The Labute approximate surface area is 220 Å². The molecule has 1 unspecified atom stereocenters. The lowest BCUT2D eigenvalue weighted by atomic mass is 9.61. The van der Waals surface area contributed by atoms with Gasteiger partial charge in [-0.3, -0.25) is 9.59 Å². The number of carboxylic acid groups (broad SMARTS) is 1. The fourth-order valence-electron chi connectivity index (χ4n) is 6.59. The number of carbonyl (C=O) groups excluding carboxylic acids is 2. The number of carboxylic acids is 1. The molecule has 0 bridgehead atoms. The molecule has 0 amide bonds. The van der Waals surface area contributed by atoms with Gasteiger partial charge in [-0.1, -0.05) is 36.4 Å². The summed E-state index contributed by atoms with van der Waals surface area (Å²) in [6.45, 7) is 0. The number of benzene rings is 3. The Bertz CT molecular complexity index is 1650. The molecular formula is C29H22O10. The van der Waals surface area contributed by atoms with E-state index < -0.39 is 70.0 Å². The number of aromatic hydroxyl groups is 3. The second kappa shape index (κ2) is 8.24. The van der Waals surface area contributed by atoms with Crippen molar-refractivity contribution in [2.24, 2.45) is 5.41 Å². The zero-order valence-electron chi connectivity index (χ0n) is 20.1. The highest BCUT2D eigenvalue weighted by molar-refractivity contribution is 6.31. The number of hydrogen-bond acceptors (Lipinski definition) is 9. The van der Waals surface area contributed by atoms with Gasteiger partial charge in [-0.15, -0.1) is 0 Å². The third-order valence-electron chi connectivity index (χ3n) is 8.25. The van der Waals surface area contributed by atoms with E-state index in [0.29, 0.717) is 5.56 Å². The van der Waals surface area contributed by atoms with Gasteiger partial charge in [0.05, 0.1) is 29.4 Å². The van der Waals surface area contributed by atoms with E-state index in [1.54, 1.807) is 0 Å². The van der Waals surface area contributed by atoms with Crippen LogP contribution in [0.1, 0.15) is 70.9 Å². The van der Waals surface area contributed by atoms with Crippen molar-refractivity contribution < 1.29 is 50.1 Å². The van der Waals surface area contributed by atoms with Crippen molar-refractivity contribution in [3.63, 3.8) is 0 Å². The molecule has 0 radical (unpaired) electrons. The molecule has 0 fully saturated rings. The number of fused-ring (bicyclic) bond motifs is 6. The quantitative estimate of drug-likeness (QED) is 0.192. The summed E-state index contributed by atoms with van der Waals surface area (Å²) >= 11 is 0. The van der Waals surface area contributed by atoms with Crippen LogP contribution in [-0.2, 0) is 6.42 Å². The topological polar surface area (TPSA) is 193 Å². The van der Waals surface area contributed by atoms with Crippen molar-refractivity contribution in [3.05, 3.63) is 99.1 Å².